The van der Waals surface area contributed by atoms with Crippen LogP contribution in [-0.2, 0) is 6.61 Å². The molecule has 1 heterocycles. The zero-order valence-electron chi connectivity index (χ0n) is 7.11. The van der Waals surface area contributed by atoms with Gasteiger partial charge in [-0.2, -0.15) is 0 Å². The zero-order chi connectivity index (χ0) is 10.0. The van der Waals surface area contributed by atoms with E-state index in [4.69, 9.17) is 15.9 Å². The van der Waals surface area contributed by atoms with Gasteiger partial charge in [0, 0.05) is 11.8 Å². The minimum Gasteiger partial charge on any atom is -0.478 e. The lowest BCUT2D eigenvalue weighted by Crippen LogP contribution is -2.08. The molecule has 0 radical (unpaired) electrons. The van der Waals surface area contributed by atoms with E-state index >= 15 is 0 Å². The molecule has 0 aliphatic rings. The van der Waals surface area contributed by atoms with Gasteiger partial charge in [0.05, 0.1) is 23.6 Å². The number of hydrogen-bond acceptors (Lipinski definition) is 4. The molecule has 0 bridgehead atoms. The molecule has 0 spiro atoms. The van der Waals surface area contributed by atoms with Gasteiger partial charge in [-0.1, -0.05) is 0 Å². The molecule has 0 aliphatic carbocycles. The summed E-state index contributed by atoms with van der Waals surface area (Å²) in [6.07, 6.45) is 1.19. The number of nitrogens with zero attached hydrogens (tertiary/aromatic N) is 1. The van der Waals surface area contributed by atoms with Gasteiger partial charge in [-0.15, -0.1) is 0 Å². The predicted molar refractivity (Wildman–Crippen MR) is 46.3 cm³/mol. The fraction of sp³-hybridized carbons (Fsp3) is 0.250. The van der Waals surface area contributed by atoms with E-state index in [2.05, 4.69) is 4.98 Å². The summed E-state index contributed by atoms with van der Waals surface area (Å²) in [4.78, 5) is 14.4. The highest BCUT2D eigenvalue weighted by molar-refractivity contribution is 5.90. The first-order chi connectivity index (χ1) is 6.07. The van der Waals surface area contributed by atoms with Crippen molar-refractivity contribution in [1.82, 2.24) is 4.98 Å². The Morgan fingerprint density at radius 1 is 1.69 bits per heavy atom. The first kappa shape index (κ1) is 9.47. The summed E-state index contributed by atoms with van der Waals surface area (Å²) in [5.41, 5.74) is 6.48. The molecule has 5 nitrogen and oxygen atoms in total. The van der Waals surface area contributed by atoms with Gasteiger partial charge in [-0.05, 0) is 6.92 Å². The van der Waals surface area contributed by atoms with E-state index in [-0.39, 0.29) is 16.8 Å². The maximum absolute atomic E-state index is 10.6. The van der Waals surface area contributed by atoms with Gasteiger partial charge in [-0.25, -0.2) is 4.79 Å². The van der Waals surface area contributed by atoms with Gasteiger partial charge in [-0.3, -0.25) is 4.98 Å². The Balaban J connectivity index is 3.38. The SMILES string of the molecule is Cc1ncc(C(=O)O)c(CO)c1N. The summed E-state index contributed by atoms with van der Waals surface area (Å²) in [6.45, 7) is 1.26. The van der Waals surface area contributed by atoms with Crippen LogP contribution in [0, 0.1) is 6.92 Å². The van der Waals surface area contributed by atoms with E-state index < -0.39 is 12.6 Å². The lowest BCUT2D eigenvalue weighted by molar-refractivity contribution is 0.0693. The summed E-state index contributed by atoms with van der Waals surface area (Å²) >= 11 is 0. The fourth-order valence-electron chi connectivity index (χ4n) is 1.03. The third-order valence-electron chi connectivity index (χ3n) is 1.82. The molecule has 13 heavy (non-hydrogen) atoms. The number of carbonyl (C=O) groups is 1. The van der Waals surface area contributed by atoms with Gasteiger partial charge >= 0.3 is 5.97 Å². The van der Waals surface area contributed by atoms with Crippen molar-refractivity contribution in [2.24, 2.45) is 0 Å². The van der Waals surface area contributed by atoms with Crippen LogP contribution >= 0.6 is 0 Å². The molecule has 0 aromatic carbocycles. The molecule has 1 aromatic heterocycles. The Hall–Kier alpha value is -1.62. The molecule has 4 N–H and O–H groups in total. The number of aryl methyl sites for hydroxylation is 1. The Bertz CT molecular complexity index is 349. The van der Waals surface area contributed by atoms with E-state index in [0.717, 1.165) is 0 Å². The maximum atomic E-state index is 10.6. The molecule has 0 aliphatic heterocycles. The minimum absolute atomic E-state index is 0.0504. The Kier molecular flexibility index (Phi) is 2.48. The number of carboxylic acids is 1. The number of pyridine rings is 1. The number of carboxylic acid groups (broad SMARTS) is 1. The molecule has 5 heteroatoms. The zero-order valence-corrected chi connectivity index (χ0v) is 7.11. The minimum atomic E-state index is -1.14. The average molecular weight is 182 g/mol. The first-order valence-corrected chi connectivity index (χ1v) is 3.66. The molecule has 0 saturated carbocycles. The predicted octanol–water partition coefficient (Wildman–Crippen LogP) is 0.163. The molecule has 1 aromatic rings. The molecule has 70 valence electrons. The van der Waals surface area contributed by atoms with Crippen molar-refractivity contribution in [2.45, 2.75) is 13.5 Å². The van der Waals surface area contributed by atoms with Crippen molar-refractivity contribution in [3.8, 4) is 0 Å². The molecule has 0 unspecified atom stereocenters. The lowest BCUT2D eigenvalue weighted by Gasteiger charge is -2.07. The van der Waals surface area contributed by atoms with Crippen LogP contribution in [0.1, 0.15) is 21.6 Å². The number of aliphatic hydroxyl groups is 1. The standard InChI is InChI=1S/C8H10N2O3/c1-4-7(9)6(3-11)5(2-10-4)8(12)13/h2,11H,3,9H2,1H3,(H,12,13). The number of aromatic nitrogens is 1. The van der Waals surface area contributed by atoms with Crippen LogP contribution in [0.25, 0.3) is 0 Å². The molecule has 0 fully saturated rings. The van der Waals surface area contributed by atoms with E-state index in [0.29, 0.717) is 5.69 Å². The van der Waals surface area contributed by atoms with Crippen molar-refractivity contribution >= 4 is 11.7 Å². The monoisotopic (exact) mass is 182 g/mol. The van der Waals surface area contributed by atoms with Crippen LogP contribution in [0.4, 0.5) is 5.69 Å². The molecule has 1 rings (SSSR count). The molecule has 0 amide bonds. The molecular weight excluding hydrogens is 172 g/mol. The number of anilines is 1. The van der Waals surface area contributed by atoms with Crippen LogP contribution in [0.3, 0.4) is 0 Å². The first-order valence-electron chi connectivity index (χ1n) is 3.66. The second-order valence-electron chi connectivity index (χ2n) is 2.61. The van der Waals surface area contributed by atoms with Gasteiger partial charge in [0.1, 0.15) is 0 Å². The van der Waals surface area contributed by atoms with Crippen LogP contribution in [-0.4, -0.2) is 21.2 Å². The quantitative estimate of drug-likeness (QED) is 0.605. The normalized spacial score (nSPS) is 10.0. The Morgan fingerprint density at radius 2 is 2.31 bits per heavy atom. The van der Waals surface area contributed by atoms with E-state index in [1.165, 1.54) is 6.20 Å². The topological polar surface area (TPSA) is 96.4 Å². The van der Waals surface area contributed by atoms with Crippen molar-refractivity contribution in [1.29, 1.82) is 0 Å². The average Bonchev–Trinajstić information content (AvgIpc) is 2.09. The summed E-state index contributed by atoms with van der Waals surface area (Å²) in [7, 11) is 0. The Morgan fingerprint density at radius 3 is 2.77 bits per heavy atom. The molecule has 0 saturated heterocycles. The van der Waals surface area contributed by atoms with Crippen LogP contribution in [0.5, 0.6) is 0 Å². The number of nitrogen functional groups attached to an aromatic ring is 1. The second-order valence-corrected chi connectivity index (χ2v) is 2.61. The summed E-state index contributed by atoms with van der Waals surface area (Å²) in [5.74, 6) is -1.14. The van der Waals surface area contributed by atoms with E-state index in [1.807, 2.05) is 0 Å². The van der Waals surface area contributed by atoms with Crippen molar-refractivity contribution in [2.75, 3.05) is 5.73 Å². The lowest BCUT2D eigenvalue weighted by atomic mass is 10.1. The largest absolute Gasteiger partial charge is 0.478 e. The van der Waals surface area contributed by atoms with Crippen LogP contribution in [0.15, 0.2) is 6.20 Å². The van der Waals surface area contributed by atoms with Crippen LogP contribution in [0.2, 0.25) is 0 Å². The van der Waals surface area contributed by atoms with Crippen LogP contribution < -0.4 is 5.73 Å². The maximum Gasteiger partial charge on any atom is 0.337 e. The Labute approximate surface area is 74.8 Å². The van der Waals surface area contributed by atoms with E-state index in [9.17, 15) is 4.79 Å². The smallest absolute Gasteiger partial charge is 0.337 e. The third-order valence-corrected chi connectivity index (χ3v) is 1.82. The number of hydrogen-bond donors (Lipinski definition) is 3. The molecule has 0 atom stereocenters. The summed E-state index contributed by atoms with van der Waals surface area (Å²) in [6, 6.07) is 0. The fourth-order valence-corrected chi connectivity index (χ4v) is 1.03. The summed E-state index contributed by atoms with van der Waals surface area (Å²) in [5, 5.41) is 17.6. The third kappa shape index (κ3) is 1.59. The van der Waals surface area contributed by atoms with Gasteiger partial charge in [0.25, 0.3) is 0 Å². The summed E-state index contributed by atoms with van der Waals surface area (Å²) < 4.78 is 0. The number of aromatic carboxylic acids is 1. The second kappa shape index (κ2) is 3.40. The molecular formula is C8H10N2O3. The van der Waals surface area contributed by atoms with Crippen molar-refractivity contribution < 1.29 is 15.0 Å². The highest BCUT2D eigenvalue weighted by Gasteiger charge is 2.14. The van der Waals surface area contributed by atoms with Gasteiger partial charge < -0.3 is 15.9 Å². The van der Waals surface area contributed by atoms with Crippen molar-refractivity contribution in [3.63, 3.8) is 0 Å². The highest BCUT2D eigenvalue weighted by Crippen LogP contribution is 2.18. The van der Waals surface area contributed by atoms with Gasteiger partial charge in [0.15, 0.2) is 0 Å². The van der Waals surface area contributed by atoms with E-state index in [1.54, 1.807) is 6.92 Å². The van der Waals surface area contributed by atoms with Crippen molar-refractivity contribution in [3.05, 3.63) is 23.0 Å². The number of nitrogens with two attached hydrogens (primary N) is 1. The number of rotatable bonds is 2. The number of aliphatic hydroxyl groups excluding tert-OH is 1. The van der Waals surface area contributed by atoms with Gasteiger partial charge in [0.2, 0.25) is 0 Å². The highest BCUT2D eigenvalue weighted by atomic mass is 16.4.